The zero-order valence-corrected chi connectivity index (χ0v) is 12.2. The molecular formula is C12H21N3O3S. The Hall–Kier alpha value is -0.950. The van der Waals surface area contributed by atoms with Crippen molar-refractivity contribution in [2.75, 3.05) is 18.1 Å². The lowest BCUT2D eigenvalue weighted by Gasteiger charge is -2.05. The van der Waals surface area contributed by atoms with E-state index in [0.717, 1.165) is 19.4 Å². The standard InChI is InChI=1S/C12H21N3O3S/c1-9(2)13-6-3-4-11-14-15-12(18-11)10-5-7-19(16,17)8-10/h9-10,13H,3-8H2,1-2H3. The predicted molar refractivity (Wildman–Crippen MR) is 71.8 cm³/mol. The van der Waals surface area contributed by atoms with Gasteiger partial charge in [0.25, 0.3) is 0 Å². The second-order valence-corrected chi connectivity index (χ2v) is 7.58. The number of hydrogen-bond acceptors (Lipinski definition) is 6. The first-order valence-electron chi connectivity index (χ1n) is 6.72. The van der Waals surface area contributed by atoms with Crippen LogP contribution >= 0.6 is 0 Å². The van der Waals surface area contributed by atoms with Gasteiger partial charge in [0.1, 0.15) is 0 Å². The molecule has 0 amide bonds. The van der Waals surface area contributed by atoms with Gasteiger partial charge in [0.05, 0.1) is 17.4 Å². The summed E-state index contributed by atoms with van der Waals surface area (Å²) in [5, 5.41) is 11.3. The van der Waals surface area contributed by atoms with Crippen LogP contribution in [0.15, 0.2) is 4.42 Å². The molecule has 0 aromatic carbocycles. The molecule has 6 nitrogen and oxygen atoms in total. The lowest BCUT2D eigenvalue weighted by Crippen LogP contribution is -2.23. The van der Waals surface area contributed by atoms with E-state index in [1.165, 1.54) is 0 Å². The summed E-state index contributed by atoms with van der Waals surface area (Å²) < 4.78 is 28.3. The van der Waals surface area contributed by atoms with Crippen molar-refractivity contribution in [3.05, 3.63) is 11.8 Å². The van der Waals surface area contributed by atoms with E-state index in [-0.39, 0.29) is 17.4 Å². The van der Waals surface area contributed by atoms with Crippen LogP contribution in [0.5, 0.6) is 0 Å². The molecule has 1 atom stereocenters. The quantitative estimate of drug-likeness (QED) is 0.783. The Kier molecular flexibility index (Phi) is 4.57. The fraction of sp³-hybridized carbons (Fsp3) is 0.833. The molecule has 1 aromatic heterocycles. The van der Waals surface area contributed by atoms with Gasteiger partial charge >= 0.3 is 0 Å². The molecule has 0 radical (unpaired) electrons. The normalized spacial score (nSPS) is 22.2. The van der Waals surface area contributed by atoms with E-state index >= 15 is 0 Å². The van der Waals surface area contributed by atoms with Crippen molar-refractivity contribution in [1.29, 1.82) is 0 Å². The molecule has 1 saturated heterocycles. The maximum atomic E-state index is 11.4. The third-order valence-corrected chi connectivity index (χ3v) is 4.95. The van der Waals surface area contributed by atoms with Crippen LogP contribution in [0.3, 0.4) is 0 Å². The molecule has 1 fully saturated rings. The van der Waals surface area contributed by atoms with Gasteiger partial charge in [-0.3, -0.25) is 0 Å². The summed E-state index contributed by atoms with van der Waals surface area (Å²) in [6.07, 6.45) is 2.26. The number of rotatable bonds is 6. The Morgan fingerprint density at radius 3 is 2.84 bits per heavy atom. The van der Waals surface area contributed by atoms with Crippen LogP contribution in [0, 0.1) is 0 Å². The highest BCUT2D eigenvalue weighted by Gasteiger charge is 2.32. The van der Waals surface area contributed by atoms with Gasteiger partial charge < -0.3 is 9.73 Å². The van der Waals surface area contributed by atoms with Gasteiger partial charge in [-0.1, -0.05) is 13.8 Å². The van der Waals surface area contributed by atoms with Gasteiger partial charge in [-0.05, 0) is 19.4 Å². The molecule has 2 rings (SSSR count). The third kappa shape index (κ3) is 4.28. The molecule has 1 unspecified atom stereocenters. The summed E-state index contributed by atoms with van der Waals surface area (Å²) in [6, 6.07) is 0.474. The van der Waals surface area contributed by atoms with Crippen molar-refractivity contribution in [1.82, 2.24) is 15.5 Å². The van der Waals surface area contributed by atoms with Crippen LogP contribution in [-0.2, 0) is 16.3 Å². The van der Waals surface area contributed by atoms with Gasteiger partial charge in [0.15, 0.2) is 9.84 Å². The highest BCUT2D eigenvalue weighted by molar-refractivity contribution is 7.91. The Morgan fingerprint density at radius 2 is 2.21 bits per heavy atom. The monoisotopic (exact) mass is 287 g/mol. The SMILES string of the molecule is CC(C)NCCCc1nnc(C2CCS(=O)(=O)C2)o1. The van der Waals surface area contributed by atoms with Gasteiger partial charge in [0, 0.05) is 12.5 Å². The minimum absolute atomic E-state index is 0.111. The molecule has 2 heterocycles. The second kappa shape index (κ2) is 6.00. The zero-order valence-electron chi connectivity index (χ0n) is 11.4. The topological polar surface area (TPSA) is 85.1 Å². The lowest BCUT2D eigenvalue weighted by molar-refractivity contribution is 0.418. The molecule has 1 N–H and O–H groups in total. The first-order valence-corrected chi connectivity index (χ1v) is 8.54. The molecular weight excluding hydrogens is 266 g/mol. The van der Waals surface area contributed by atoms with Crippen LogP contribution in [-0.4, -0.2) is 42.7 Å². The summed E-state index contributed by atoms with van der Waals surface area (Å²) in [6.45, 7) is 5.11. The van der Waals surface area contributed by atoms with Crippen LogP contribution in [0.1, 0.15) is 44.4 Å². The van der Waals surface area contributed by atoms with Gasteiger partial charge in [-0.2, -0.15) is 0 Å². The molecule has 0 saturated carbocycles. The number of aryl methyl sites for hydroxylation is 1. The number of sulfone groups is 1. The van der Waals surface area contributed by atoms with Crippen molar-refractivity contribution in [3.63, 3.8) is 0 Å². The first-order chi connectivity index (χ1) is 8.96. The van der Waals surface area contributed by atoms with E-state index in [9.17, 15) is 8.42 Å². The molecule has 108 valence electrons. The lowest BCUT2D eigenvalue weighted by atomic mass is 10.1. The highest BCUT2D eigenvalue weighted by atomic mass is 32.2. The summed E-state index contributed by atoms with van der Waals surface area (Å²) in [5.41, 5.74) is 0. The highest BCUT2D eigenvalue weighted by Crippen LogP contribution is 2.27. The van der Waals surface area contributed by atoms with Crippen LogP contribution < -0.4 is 5.32 Å². The van der Waals surface area contributed by atoms with Gasteiger partial charge in [0.2, 0.25) is 11.8 Å². The number of nitrogens with one attached hydrogen (secondary N) is 1. The molecule has 7 heteroatoms. The van der Waals surface area contributed by atoms with E-state index in [1.807, 2.05) is 0 Å². The van der Waals surface area contributed by atoms with E-state index in [0.29, 0.717) is 24.2 Å². The largest absolute Gasteiger partial charge is 0.425 e. The maximum absolute atomic E-state index is 11.4. The second-order valence-electron chi connectivity index (χ2n) is 5.35. The Bertz CT molecular complexity index is 510. The van der Waals surface area contributed by atoms with E-state index in [4.69, 9.17) is 4.42 Å². The van der Waals surface area contributed by atoms with E-state index in [2.05, 4.69) is 29.4 Å². The average molecular weight is 287 g/mol. The fourth-order valence-electron chi connectivity index (χ4n) is 2.15. The van der Waals surface area contributed by atoms with Crippen molar-refractivity contribution in [2.24, 2.45) is 0 Å². The van der Waals surface area contributed by atoms with E-state index in [1.54, 1.807) is 0 Å². The van der Waals surface area contributed by atoms with Crippen molar-refractivity contribution < 1.29 is 12.8 Å². The van der Waals surface area contributed by atoms with Gasteiger partial charge in [-0.25, -0.2) is 8.42 Å². The zero-order chi connectivity index (χ0) is 13.9. The molecule has 1 aliphatic heterocycles. The molecule has 0 aliphatic carbocycles. The fourth-order valence-corrected chi connectivity index (χ4v) is 3.89. The Morgan fingerprint density at radius 1 is 1.42 bits per heavy atom. The van der Waals surface area contributed by atoms with Gasteiger partial charge in [-0.15, -0.1) is 10.2 Å². The predicted octanol–water partition coefficient (Wildman–Crippen LogP) is 0.902. The number of hydrogen-bond donors (Lipinski definition) is 1. The summed E-state index contributed by atoms with van der Waals surface area (Å²) in [4.78, 5) is 0. The minimum atomic E-state index is -2.90. The molecule has 19 heavy (non-hydrogen) atoms. The maximum Gasteiger partial charge on any atom is 0.220 e. The smallest absolute Gasteiger partial charge is 0.220 e. The molecule has 1 aliphatic rings. The van der Waals surface area contributed by atoms with Crippen molar-refractivity contribution in [3.8, 4) is 0 Å². The summed E-state index contributed by atoms with van der Waals surface area (Å²) in [7, 11) is -2.90. The summed E-state index contributed by atoms with van der Waals surface area (Å²) >= 11 is 0. The average Bonchev–Trinajstić information content (AvgIpc) is 2.90. The molecule has 0 bridgehead atoms. The minimum Gasteiger partial charge on any atom is -0.425 e. The summed E-state index contributed by atoms with van der Waals surface area (Å²) in [5.74, 6) is 1.34. The van der Waals surface area contributed by atoms with Crippen molar-refractivity contribution >= 4 is 9.84 Å². The molecule has 1 aromatic rings. The molecule has 0 spiro atoms. The van der Waals surface area contributed by atoms with Crippen LogP contribution in [0.4, 0.5) is 0 Å². The van der Waals surface area contributed by atoms with Crippen LogP contribution in [0.2, 0.25) is 0 Å². The number of aromatic nitrogens is 2. The Labute approximate surface area is 113 Å². The van der Waals surface area contributed by atoms with Crippen LogP contribution in [0.25, 0.3) is 0 Å². The Balaban J connectivity index is 1.82. The third-order valence-electron chi connectivity index (χ3n) is 3.18. The van der Waals surface area contributed by atoms with E-state index < -0.39 is 9.84 Å². The van der Waals surface area contributed by atoms with Crippen molar-refractivity contribution in [2.45, 2.75) is 45.1 Å². The number of nitrogens with zero attached hydrogens (tertiary/aromatic N) is 2. The first kappa shape index (κ1) is 14.5.